The molecule has 0 aliphatic rings. The topological polar surface area (TPSA) is 61.4 Å². The summed E-state index contributed by atoms with van der Waals surface area (Å²) < 4.78 is 0. The molecule has 0 aliphatic heterocycles. The standard InChI is InChI=1S/C27H33N3O2/c1-19(2)26(27(32)28-17-22-11-5-6-12-23(22)18-30(3)4)29-25(31)16-21-14-9-13-20-10-7-8-15-24(20)21/h5-15,19,26H,16-18H2,1-4H3,(H,28,32)(H,29,31)/t26-/m0/s1. The Morgan fingerprint density at radius 2 is 1.47 bits per heavy atom. The lowest BCUT2D eigenvalue weighted by atomic mass is 10.00. The molecule has 0 radical (unpaired) electrons. The van der Waals surface area contributed by atoms with Crippen LogP contribution in [0.25, 0.3) is 10.8 Å². The summed E-state index contributed by atoms with van der Waals surface area (Å²) in [6.45, 7) is 5.14. The fraction of sp³-hybridized carbons (Fsp3) is 0.333. The maximum Gasteiger partial charge on any atom is 0.243 e. The van der Waals surface area contributed by atoms with E-state index < -0.39 is 6.04 Å². The molecule has 0 aromatic heterocycles. The van der Waals surface area contributed by atoms with Crippen LogP contribution in [0.2, 0.25) is 0 Å². The van der Waals surface area contributed by atoms with Gasteiger partial charge in [0.15, 0.2) is 0 Å². The zero-order valence-corrected chi connectivity index (χ0v) is 19.4. The van der Waals surface area contributed by atoms with Crippen LogP contribution in [0.4, 0.5) is 0 Å². The van der Waals surface area contributed by atoms with E-state index >= 15 is 0 Å². The van der Waals surface area contributed by atoms with Gasteiger partial charge in [-0.1, -0.05) is 80.6 Å². The van der Waals surface area contributed by atoms with Crippen molar-refractivity contribution in [2.45, 2.75) is 39.4 Å². The number of carbonyl (C=O) groups is 2. The van der Waals surface area contributed by atoms with Crippen LogP contribution in [0.3, 0.4) is 0 Å². The molecule has 0 aliphatic carbocycles. The normalized spacial score (nSPS) is 12.2. The largest absolute Gasteiger partial charge is 0.350 e. The maximum absolute atomic E-state index is 13.0. The van der Waals surface area contributed by atoms with Gasteiger partial charge in [0.05, 0.1) is 6.42 Å². The minimum Gasteiger partial charge on any atom is -0.350 e. The van der Waals surface area contributed by atoms with E-state index in [-0.39, 0.29) is 24.2 Å². The maximum atomic E-state index is 13.0. The second-order valence-electron chi connectivity index (χ2n) is 8.83. The minimum absolute atomic E-state index is 0.0245. The molecule has 5 heteroatoms. The van der Waals surface area contributed by atoms with E-state index in [9.17, 15) is 9.59 Å². The van der Waals surface area contributed by atoms with Crippen LogP contribution in [0, 0.1) is 5.92 Å². The van der Waals surface area contributed by atoms with E-state index in [4.69, 9.17) is 0 Å². The summed E-state index contributed by atoms with van der Waals surface area (Å²) in [6.07, 6.45) is 0.240. The molecule has 0 saturated heterocycles. The third kappa shape index (κ3) is 6.17. The first-order chi connectivity index (χ1) is 15.3. The van der Waals surface area contributed by atoms with Gasteiger partial charge in [-0.2, -0.15) is 0 Å². The Hall–Kier alpha value is -3.18. The SMILES string of the molecule is CC(C)[C@H](NC(=O)Cc1cccc2ccccc12)C(=O)NCc1ccccc1CN(C)C. The Bertz CT molecular complexity index is 1070. The third-order valence-corrected chi connectivity index (χ3v) is 5.55. The molecule has 5 nitrogen and oxygen atoms in total. The third-order valence-electron chi connectivity index (χ3n) is 5.55. The zero-order chi connectivity index (χ0) is 23.1. The van der Waals surface area contributed by atoms with Crippen molar-refractivity contribution < 1.29 is 9.59 Å². The predicted octanol–water partition coefficient (Wildman–Crippen LogP) is 3.90. The Balaban J connectivity index is 1.65. The highest BCUT2D eigenvalue weighted by Crippen LogP contribution is 2.19. The zero-order valence-electron chi connectivity index (χ0n) is 19.4. The van der Waals surface area contributed by atoms with Crippen LogP contribution < -0.4 is 10.6 Å². The van der Waals surface area contributed by atoms with Crippen molar-refractivity contribution in [3.8, 4) is 0 Å². The smallest absolute Gasteiger partial charge is 0.243 e. The number of benzene rings is 3. The molecule has 3 aromatic rings. The molecule has 0 fully saturated rings. The van der Waals surface area contributed by atoms with E-state index in [0.717, 1.165) is 28.4 Å². The summed E-state index contributed by atoms with van der Waals surface area (Å²) in [6, 6.07) is 21.5. The van der Waals surface area contributed by atoms with Gasteiger partial charge < -0.3 is 15.5 Å². The number of nitrogens with zero attached hydrogens (tertiary/aromatic N) is 1. The Morgan fingerprint density at radius 1 is 0.844 bits per heavy atom. The van der Waals surface area contributed by atoms with Crippen LogP contribution in [0.15, 0.2) is 66.7 Å². The number of hydrogen-bond donors (Lipinski definition) is 2. The predicted molar refractivity (Wildman–Crippen MR) is 130 cm³/mol. The Kier molecular flexibility index (Phi) is 8.01. The number of nitrogens with one attached hydrogen (secondary N) is 2. The number of amides is 2. The molecule has 3 aromatic carbocycles. The molecule has 1 atom stereocenters. The molecule has 168 valence electrons. The first-order valence-electron chi connectivity index (χ1n) is 11.1. The summed E-state index contributed by atoms with van der Waals surface area (Å²) in [5.41, 5.74) is 3.22. The molecule has 2 amide bonds. The Labute approximate surface area is 190 Å². The van der Waals surface area contributed by atoms with Gasteiger partial charge in [0.2, 0.25) is 11.8 Å². The molecule has 0 heterocycles. The second-order valence-corrected chi connectivity index (χ2v) is 8.83. The van der Waals surface area contributed by atoms with Gasteiger partial charge in [0.25, 0.3) is 0 Å². The van der Waals surface area contributed by atoms with Gasteiger partial charge in [-0.05, 0) is 47.5 Å². The summed E-state index contributed by atoms with van der Waals surface area (Å²) >= 11 is 0. The van der Waals surface area contributed by atoms with Crippen molar-refractivity contribution in [3.05, 3.63) is 83.4 Å². The second kappa shape index (κ2) is 10.9. The van der Waals surface area contributed by atoms with Crippen molar-refractivity contribution >= 4 is 22.6 Å². The van der Waals surface area contributed by atoms with Crippen LogP contribution in [-0.4, -0.2) is 36.9 Å². The minimum atomic E-state index is -0.585. The van der Waals surface area contributed by atoms with E-state index in [1.807, 2.05) is 88.6 Å². The van der Waals surface area contributed by atoms with Crippen molar-refractivity contribution in [2.75, 3.05) is 14.1 Å². The summed E-state index contributed by atoms with van der Waals surface area (Å²) in [5, 5.41) is 8.14. The molecule has 2 N–H and O–H groups in total. The lowest BCUT2D eigenvalue weighted by Crippen LogP contribution is -2.50. The van der Waals surface area contributed by atoms with E-state index in [1.54, 1.807) is 0 Å². The fourth-order valence-electron chi connectivity index (χ4n) is 3.90. The summed E-state index contributed by atoms with van der Waals surface area (Å²) in [7, 11) is 4.05. The fourth-order valence-corrected chi connectivity index (χ4v) is 3.90. The van der Waals surface area contributed by atoms with E-state index in [2.05, 4.69) is 21.6 Å². The average Bonchev–Trinajstić information content (AvgIpc) is 2.76. The van der Waals surface area contributed by atoms with Gasteiger partial charge in [0.1, 0.15) is 6.04 Å². The first kappa shape index (κ1) is 23.5. The lowest BCUT2D eigenvalue weighted by molar-refractivity contribution is -0.129. The monoisotopic (exact) mass is 431 g/mol. The summed E-state index contributed by atoms with van der Waals surface area (Å²) in [5.74, 6) is -0.336. The highest BCUT2D eigenvalue weighted by Gasteiger charge is 2.24. The van der Waals surface area contributed by atoms with Gasteiger partial charge in [-0.25, -0.2) is 0 Å². The quantitative estimate of drug-likeness (QED) is 0.540. The van der Waals surface area contributed by atoms with Crippen LogP contribution >= 0.6 is 0 Å². The molecule has 0 spiro atoms. The Morgan fingerprint density at radius 3 is 2.19 bits per heavy atom. The highest BCUT2D eigenvalue weighted by molar-refractivity contribution is 5.92. The lowest BCUT2D eigenvalue weighted by Gasteiger charge is -2.22. The molecule has 0 unspecified atom stereocenters. The van der Waals surface area contributed by atoms with E-state index in [1.165, 1.54) is 5.56 Å². The van der Waals surface area contributed by atoms with Gasteiger partial charge >= 0.3 is 0 Å². The molecule has 32 heavy (non-hydrogen) atoms. The average molecular weight is 432 g/mol. The highest BCUT2D eigenvalue weighted by atomic mass is 16.2. The molecule has 0 saturated carbocycles. The molecule has 0 bridgehead atoms. The van der Waals surface area contributed by atoms with Crippen LogP contribution in [0.5, 0.6) is 0 Å². The van der Waals surface area contributed by atoms with Gasteiger partial charge in [0, 0.05) is 13.1 Å². The van der Waals surface area contributed by atoms with Crippen molar-refractivity contribution in [1.29, 1.82) is 0 Å². The summed E-state index contributed by atoms with van der Waals surface area (Å²) in [4.78, 5) is 27.9. The number of carbonyl (C=O) groups excluding carboxylic acids is 2. The van der Waals surface area contributed by atoms with Crippen molar-refractivity contribution in [1.82, 2.24) is 15.5 Å². The van der Waals surface area contributed by atoms with Crippen LogP contribution in [-0.2, 0) is 29.1 Å². The van der Waals surface area contributed by atoms with E-state index in [0.29, 0.717) is 6.54 Å². The number of fused-ring (bicyclic) bond motifs is 1. The molecule has 3 rings (SSSR count). The molecular formula is C27H33N3O2. The molecular weight excluding hydrogens is 398 g/mol. The first-order valence-corrected chi connectivity index (χ1v) is 11.1. The van der Waals surface area contributed by atoms with Gasteiger partial charge in [-0.3, -0.25) is 9.59 Å². The number of hydrogen-bond acceptors (Lipinski definition) is 3. The van der Waals surface area contributed by atoms with Crippen molar-refractivity contribution in [2.24, 2.45) is 5.92 Å². The van der Waals surface area contributed by atoms with Crippen molar-refractivity contribution in [3.63, 3.8) is 0 Å². The van der Waals surface area contributed by atoms with Gasteiger partial charge in [-0.15, -0.1) is 0 Å². The van der Waals surface area contributed by atoms with Crippen LogP contribution in [0.1, 0.15) is 30.5 Å². The number of rotatable bonds is 9.